The number of urea groups is 1. The Bertz CT molecular complexity index is 343. The van der Waals surface area contributed by atoms with Gasteiger partial charge in [0.2, 0.25) is 5.91 Å². The molecule has 0 bridgehead atoms. The molecule has 110 valence electrons. The van der Waals surface area contributed by atoms with Crippen LogP contribution in [0.5, 0.6) is 0 Å². The van der Waals surface area contributed by atoms with Gasteiger partial charge in [-0.25, -0.2) is 4.79 Å². The van der Waals surface area contributed by atoms with Crippen LogP contribution in [-0.2, 0) is 9.59 Å². The monoisotopic (exact) mass is 275 g/mol. The molecule has 0 aromatic rings. The molecule has 1 unspecified atom stereocenters. The largest absolute Gasteiger partial charge is 0.481 e. The van der Waals surface area contributed by atoms with Crippen LogP contribution >= 0.6 is 0 Å². The third-order valence-electron chi connectivity index (χ3n) is 2.45. The van der Waals surface area contributed by atoms with E-state index >= 15 is 0 Å². The van der Waals surface area contributed by atoms with Crippen molar-refractivity contribution < 1.29 is 24.6 Å². The molecule has 0 saturated carbocycles. The van der Waals surface area contributed by atoms with E-state index in [0.717, 1.165) is 0 Å². The zero-order valence-electron chi connectivity index (χ0n) is 11.4. The summed E-state index contributed by atoms with van der Waals surface area (Å²) >= 11 is 0. The van der Waals surface area contributed by atoms with Crippen molar-refractivity contribution >= 4 is 17.9 Å². The van der Waals surface area contributed by atoms with E-state index in [1.54, 1.807) is 0 Å². The molecule has 0 saturated heterocycles. The number of carbonyl (C=O) groups is 3. The molecule has 0 aromatic carbocycles. The molecular formula is C11H21N3O5. The molecule has 0 heterocycles. The van der Waals surface area contributed by atoms with Crippen LogP contribution in [0, 0.1) is 0 Å². The first kappa shape index (κ1) is 17.2. The molecule has 1 atom stereocenters. The number of aliphatic carboxylic acids is 1. The Labute approximate surface area is 111 Å². The lowest BCUT2D eigenvalue weighted by molar-refractivity contribution is -0.141. The second-order valence-electron chi connectivity index (χ2n) is 4.57. The zero-order valence-corrected chi connectivity index (χ0v) is 11.4. The van der Waals surface area contributed by atoms with Gasteiger partial charge in [0.15, 0.2) is 0 Å². The van der Waals surface area contributed by atoms with E-state index in [1.807, 2.05) is 0 Å². The Morgan fingerprint density at radius 1 is 1.32 bits per heavy atom. The van der Waals surface area contributed by atoms with Gasteiger partial charge in [-0.3, -0.25) is 9.59 Å². The smallest absolute Gasteiger partial charge is 0.317 e. The van der Waals surface area contributed by atoms with E-state index in [2.05, 4.69) is 10.6 Å². The summed E-state index contributed by atoms with van der Waals surface area (Å²) in [6.07, 6.45) is -0.291. The molecule has 0 aliphatic rings. The molecule has 0 aliphatic carbocycles. The summed E-state index contributed by atoms with van der Waals surface area (Å²) in [6.45, 7) is 1.38. The quantitative estimate of drug-likeness (QED) is 0.474. The first-order chi connectivity index (χ1) is 8.68. The second-order valence-corrected chi connectivity index (χ2v) is 4.57. The van der Waals surface area contributed by atoms with Crippen molar-refractivity contribution in [2.24, 2.45) is 0 Å². The van der Waals surface area contributed by atoms with Crippen molar-refractivity contribution in [1.29, 1.82) is 0 Å². The summed E-state index contributed by atoms with van der Waals surface area (Å²) < 4.78 is 0. The normalized spacial score (nSPS) is 13.3. The maximum absolute atomic E-state index is 11.6. The van der Waals surface area contributed by atoms with Gasteiger partial charge in [0.25, 0.3) is 0 Å². The molecule has 0 rings (SSSR count). The van der Waals surface area contributed by atoms with Crippen molar-refractivity contribution in [3.63, 3.8) is 0 Å². The summed E-state index contributed by atoms with van der Waals surface area (Å²) in [5.74, 6) is -1.33. The fourth-order valence-corrected chi connectivity index (χ4v) is 1.29. The number of hydrogen-bond acceptors (Lipinski definition) is 4. The standard InChI is InChI=1S/C11H21N3O5/c1-11(19,6-9(16)17)7-13-10(18)14(3)5-4-8(15)12-2/h19H,4-7H2,1-3H3,(H,12,15)(H,13,18)(H,16,17). The first-order valence-corrected chi connectivity index (χ1v) is 5.81. The summed E-state index contributed by atoms with van der Waals surface area (Å²) in [5.41, 5.74) is -1.51. The lowest BCUT2D eigenvalue weighted by Gasteiger charge is -2.24. The third-order valence-corrected chi connectivity index (χ3v) is 2.45. The molecular weight excluding hydrogens is 254 g/mol. The van der Waals surface area contributed by atoms with Crippen molar-refractivity contribution in [3.8, 4) is 0 Å². The molecule has 0 aliphatic heterocycles. The van der Waals surface area contributed by atoms with E-state index in [0.29, 0.717) is 0 Å². The molecule has 19 heavy (non-hydrogen) atoms. The average Bonchev–Trinajstić information content (AvgIpc) is 2.30. The maximum atomic E-state index is 11.6. The summed E-state index contributed by atoms with van der Waals surface area (Å²) in [4.78, 5) is 34.4. The van der Waals surface area contributed by atoms with Gasteiger partial charge >= 0.3 is 12.0 Å². The lowest BCUT2D eigenvalue weighted by Crippen LogP contribution is -2.46. The fraction of sp³-hybridized carbons (Fsp3) is 0.727. The number of nitrogens with one attached hydrogen (secondary N) is 2. The zero-order chi connectivity index (χ0) is 15.1. The Balaban J connectivity index is 4.09. The van der Waals surface area contributed by atoms with E-state index in [-0.39, 0.29) is 25.4 Å². The van der Waals surface area contributed by atoms with Gasteiger partial charge in [-0.1, -0.05) is 0 Å². The third kappa shape index (κ3) is 7.98. The summed E-state index contributed by atoms with van der Waals surface area (Å²) in [5, 5.41) is 23.1. The minimum absolute atomic E-state index is 0.173. The van der Waals surface area contributed by atoms with Crippen LogP contribution in [-0.4, -0.2) is 65.8 Å². The maximum Gasteiger partial charge on any atom is 0.317 e. The Morgan fingerprint density at radius 2 is 1.89 bits per heavy atom. The number of amides is 3. The van der Waals surface area contributed by atoms with E-state index in [9.17, 15) is 19.5 Å². The topological polar surface area (TPSA) is 119 Å². The molecule has 0 radical (unpaired) electrons. The van der Waals surface area contributed by atoms with Gasteiger partial charge < -0.3 is 25.7 Å². The van der Waals surface area contributed by atoms with Crippen molar-refractivity contribution in [2.45, 2.75) is 25.4 Å². The molecule has 0 spiro atoms. The predicted octanol–water partition coefficient (Wildman–Crippen LogP) is -1.01. The van der Waals surface area contributed by atoms with Crippen molar-refractivity contribution in [1.82, 2.24) is 15.5 Å². The van der Waals surface area contributed by atoms with Crippen LogP contribution in [0.4, 0.5) is 4.79 Å². The highest BCUT2D eigenvalue weighted by molar-refractivity contribution is 5.78. The van der Waals surface area contributed by atoms with Gasteiger partial charge in [0.1, 0.15) is 0 Å². The minimum Gasteiger partial charge on any atom is -0.481 e. The van der Waals surface area contributed by atoms with Crippen LogP contribution in [0.3, 0.4) is 0 Å². The highest BCUT2D eigenvalue weighted by atomic mass is 16.4. The van der Waals surface area contributed by atoms with Crippen molar-refractivity contribution in [2.75, 3.05) is 27.2 Å². The Kier molecular flexibility index (Phi) is 6.84. The van der Waals surface area contributed by atoms with E-state index < -0.39 is 24.0 Å². The molecule has 8 nitrogen and oxygen atoms in total. The van der Waals surface area contributed by atoms with Crippen LogP contribution < -0.4 is 10.6 Å². The summed E-state index contributed by atoms with van der Waals surface area (Å²) in [7, 11) is 3.01. The van der Waals surface area contributed by atoms with Crippen LogP contribution in [0.2, 0.25) is 0 Å². The minimum atomic E-state index is -1.51. The van der Waals surface area contributed by atoms with Crippen molar-refractivity contribution in [3.05, 3.63) is 0 Å². The number of carbonyl (C=O) groups excluding carboxylic acids is 2. The second kappa shape index (κ2) is 7.57. The van der Waals surface area contributed by atoms with Gasteiger partial charge in [-0.05, 0) is 6.92 Å². The Hall–Kier alpha value is -1.83. The summed E-state index contributed by atoms with van der Waals surface area (Å²) in [6, 6.07) is -0.477. The number of carboxylic acids is 1. The number of hydrogen-bond donors (Lipinski definition) is 4. The number of nitrogens with zero attached hydrogens (tertiary/aromatic N) is 1. The SMILES string of the molecule is CNC(=O)CCN(C)C(=O)NCC(C)(O)CC(=O)O. The molecule has 4 N–H and O–H groups in total. The van der Waals surface area contributed by atoms with Gasteiger partial charge in [0, 0.05) is 33.6 Å². The van der Waals surface area contributed by atoms with Gasteiger partial charge in [-0.15, -0.1) is 0 Å². The number of carboxylic acid groups (broad SMARTS) is 1. The van der Waals surface area contributed by atoms with E-state index in [4.69, 9.17) is 5.11 Å². The van der Waals surface area contributed by atoms with Crippen LogP contribution in [0.1, 0.15) is 19.8 Å². The molecule has 8 heteroatoms. The number of aliphatic hydroxyl groups is 1. The highest BCUT2D eigenvalue weighted by Gasteiger charge is 2.25. The van der Waals surface area contributed by atoms with E-state index in [1.165, 1.54) is 25.9 Å². The Morgan fingerprint density at radius 3 is 2.37 bits per heavy atom. The lowest BCUT2D eigenvalue weighted by atomic mass is 10.0. The molecule has 3 amide bonds. The van der Waals surface area contributed by atoms with Crippen LogP contribution in [0.25, 0.3) is 0 Å². The van der Waals surface area contributed by atoms with Gasteiger partial charge in [0.05, 0.1) is 12.0 Å². The van der Waals surface area contributed by atoms with Crippen LogP contribution in [0.15, 0.2) is 0 Å². The molecule has 0 fully saturated rings. The van der Waals surface area contributed by atoms with Gasteiger partial charge in [-0.2, -0.15) is 0 Å². The number of rotatable bonds is 7. The fourth-order valence-electron chi connectivity index (χ4n) is 1.29. The highest BCUT2D eigenvalue weighted by Crippen LogP contribution is 2.07. The molecule has 0 aromatic heterocycles. The average molecular weight is 275 g/mol. The predicted molar refractivity (Wildman–Crippen MR) is 67.6 cm³/mol. The first-order valence-electron chi connectivity index (χ1n) is 5.81.